The fourth-order valence-electron chi connectivity index (χ4n) is 3.63. The SMILES string of the molecule is O=C(CCCn1cnc2ccccc2c1=O)N1CCC(n2cnnc2)CC1. The molecule has 3 aromatic rings. The van der Waals surface area contributed by atoms with E-state index in [-0.39, 0.29) is 11.5 Å². The van der Waals surface area contributed by atoms with Gasteiger partial charge in [0.15, 0.2) is 0 Å². The van der Waals surface area contributed by atoms with E-state index in [4.69, 9.17) is 0 Å². The first kappa shape index (κ1) is 17.4. The van der Waals surface area contributed by atoms with Crippen molar-refractivity contribution in [3.63, 3.8) is 0 Å². The lowest BCUT2D eigenvalue weighted by Gasteiger charge is -2.32. The molecule has 8 nitrogen and oxygen atoms in total. The molecule has 1 amide bonds. The fourth-order valence-corrected chi connectivity index (χ4v) is 3.63. The standard InChI is InChI=1S/C19H22N6O2/c26-18(23-10-7-15(8-11-23)25-13-21-22-14-25)6-3-9-24-12-20-17-5-2-1-4-16(17)19(24)27/h1-2,4-5,12-15H,3,6-11H2. The molecule has 27 heavy (non-hydrogen) atoms. The maximum absolute atomic E-state index is 12.5. The number of hydrogen-bond donors (Lipinski definition) is 0. The van der Waals surface area contributed by atoms with Crippen molar-refractivity contribution >= 4 is 16.8 Å². The van der Waals surface area contributed by atoms with Gasteiger partial charge in [0.05, 0.1) is 17.2 Å². The van der Waals surface area contributed by atoms with E-state index in [1.54, 1.807) is 29.6 Å². The van der Waals surface area contributed by atoms with E-state index in [0.29, 0.717) is 36.3 Å². The molecule has 1 fully saturated rings. The maximum atomic E-state index is 12.5. The first-order chi connectivity index (χ1) is 13.2. The van der Waals surface area contributed by atoms with Gasteiger partial charge in [0, 0.05) is 32.1 Å². The van der Waals surface area contributed by atoms with Gasteiger partial charge in [-0.05, 0) is 31.4 Å². The number of benzene rings is 1. The van der Waals surface area contributed by atoms with E-state index >= 15 is 0 Å². The van der Waals surface area contributed by atoms with Gasteiger partial charge >= 0.3 is 0 Å². The van der Waals surface area contributed by atoms with Crippen molar-refractivity contribution in [3.05, 3.63) is 53.6 Å². The Balaban J connectivity index is 1.29. The molecule has 0 aliphatic carbocycles. The summed E-state index contributed by atoms with van der Waals surface area (Å²) in [6.45, 7) is 2.00. The molecule has 3 heterocycles. The minimum absolute atomic E-state index is 0.0530. The van der Waals surface area contributed by atoms with Crippen LogP contribution in [0.1, 0.15) is 31.7 Å². The Kier molecular flexibility index (Phi) is 4.95. The number of carbonyl (C=O) groups excluding carboxylic acids is 1. The van der Waals surface area contributed by atoms with Gasteiger partial charge in [-0.25, -0.2) is 4.98 Å². The minimum atomic E-state index is -0.0530. The van der Waals surface area contributed by atoms with Crippen LogP contribution >= 0.6 is 0 Å². The second kappa shape index (κ2) is 7.69. The molecule has 140 valence electrons. The molecule has 0 N–H and O–H groups in total. The average molecular weight is 366 g/mol. The summed E-state index contributed by atoms with van der Waals surface area (Å²) >= 11 is 0. The van der Waals surface area contributed by atoms with Gasteiger partial charge in [-0.1, -0.05) is 12.1 Å². The Morgan fingerprint density at radius 1 is 1.07 bits per heavy atom. The zero-order chi connectivity index (χ0) is 18.6. The van der Waals surface area contributed by atoms with Gasteiger partial charge in [-0.15, -0.1) is 10.2 Å². The van der Waals surface area contributed by atoms with Crippen LogP contribution in [0, 0.1) is 0 Å². The largest absolute Gasteiger partial charge is 0.343 e. The summed E-state index contributed by atoms with van der Waals surface area (Å²) in [5, 5.41) is 8.31. The summed E-state index contributed by atoms with van der Waals surface area (Å²) in [6, 6.07) is 7.68. The molecule has 4 rings (SSSR count). The molecule has 1 aromatic carbocycles. The van der Waals surface area contributed by atoms with E-state index < -0.39 is 0 Å². The van der Waals surface area contributed by atoms with Crippen LogP contribution in [0.2, 0.25) is 0 Å². The summed E-state index contributed by atoms with van der Waals surface area (Å²) in [4.78, 5) is 31.2. The third-order valence-corrected chi connectivity index (χ3v) is 5.20. The molecular weight excluding hydrogens is 344 g/mol. The van der Waals surface area contributed by atoms with E-state index in [2.05, 4.69) is 15.2 Å². The molecule has 0 bridgehead atoms. The third-order valence-electron chi connectivity index (χ3n) is 5.20. The van der Waals surface area contributed by atoms with Crippen LogP contribution in [-0.4, -0.2) is 48.2 Å². The van der Waals surface area contributed by atoms with Crippen LogP contribution in [0.25, 0.3) is 10.9 Å². The molecule has 1 saturated heterocycles. The van der Waals surface area contributed by atoms with Crippen LogP contribution in [0.5, 0.6) is 0 Å². The van der Waals surface area contributed by atoms with Gasteiger partial charge < -0.3 is 9.47 Å². The van der Waals surface area contributed by atoms with E-state index in [1.165, 1.54) is 0 Å². The predicted octanol–water partition coefficient (Wildman–Crippen LogP) is 1.63. The molecule has 0 atom stereocenters. The highest BCUT2D eigenvalue weighted by atomic mass is 16.2. The summed E-state index contributed by atoms with van der Waals surface area (Å²) in [7, 11) is 0. The Morgan fingerprint density at radius 2 is 1.81 bits per heavy atom. The number of carbonyl (C=O) groups is 1. The highest BCUT2D eigenvalue weighted by Gasteiger charge is 2.23. The molecule has 2 aromatic heterocycles. The van der Waals surface area contributed by atoms with Gasteiger partial charge in [0.25, 0.3) is 5.56 Å². The summed E-state index contributed by atoms with van der Waals surface area (Å²) < 4.78 is 3.61. The smallest absolute Gasteiger partial charge is 0.261 e. The summed E-state index contributed by atoms with van der Waals surface area (Å²) in [6.07, 6.45) is 7.94. The van der Waals surface area contributed by atoms with Crippen molar-refractivity contribution in [2.75, 3.05) is 13.1 Å². The van der Waals surface area contributed by atoms with E-state index in [9.17, 15) is 9.59 Å². The summed E-state index contributed by atoms with van der Waals surface area (Å²) in [5.74, 6) is 0.152. The number of amides is 1. The normalized spacial score (nSPS) is 15.3. The van der Waals surface area contributed by atoms with Gasteiger partial charge in [-0.2, -0.15) is 0 Å². The van der Waals surface area contributed by atoms with Crippen molar-refractivity contribution in [2.45, 2.75) is 38.3 Å². The van der Waals surface area contributed by atoms with Crippen LogP contribution in [0.4, 0.5) is 0 Å². The van der Waals surface area contributed by atoms with Gasteiger partial charge in [0.1, 0.15) is 12.7 Å². The number of hydrogen-bond acceptors (Lipinski definition) is 5. The Bertz CT molecular complexity index is 973. The zero-order valence-corrected chi connectivity index (χ0v) is 15.1. The molecular formula is C19H22N6O2. The molecule has 8 heteroatoms. The number of rotatable bonds is 5. The molecule has 0 unspecified atom stereocenters. The van der Waals surface area contributed by atoms with Gasteiger partial charge in [-0.3, -0.25) is 14.2 Å². The molecule has 0 spiro atoms. The third kappa shape index (κ3) is 3.74. The Labute approximate surface area is 156 Å². The molecule has 0 radical (unpaired) electrons. The second-order valence-corrected chi connectivity index (χ2v) is 6.88. The molecule has 1 aliphatic heterocycles. The first-order valence-electron chi connectivity index (χ1n) is 9.28. The monoisotopic (exact) mass is 366 g/mol. The van der Waals surface area contributed by atoms with E-state index in [1.807, 2.05) is 27.7 Å². The minimum Gasteiger partial charge on any atom is -0.343 e. The number of likely N-dealkylation sites (tertiary alicyclic amines) is 1. The van der Waals surface area contributed by atoms with Crippen LogP contribution in [-0.2, 0) is 11.3 Å². The lowest BCUT2D eigenvalue weighted by molar-refractivity contribution is -0.132. The van der Waals surface area contributed by atoms with Gasteiger partial charge in [0.2, 0.25) is 5.91 Å². The van der Waals surface area contributed by atoms with Crippen molar-refractivity contribution in [1.29, 1.82) is 0 Å². The fraction of sp³-hybridized carbons (Fsp3) is 0.421. The Morgan fingerprint density at radius 3 is 2.59 bits per heavy atom. The molecule has 1 aliphatic rings. The van der Waals surface area contributed by atoms with Crippen LogP contribution in [0.15, 0.2) is 48.0 Å². The second-order valence-electron chi connectivity index (χ2n) is 6.88. The average Bonchev–Trinajstić information content (AvgIpc) is 3.25. The van der Waals surface area contributed by atoms with Crippen LogP contribution < -0.4 is 5.56 Å². The molecule has 0 saturated carbocycles. The first-order valence-corrected chi connectivity index (χ1v) is 9.28. The number of fused-ring (bicyclic) bond motifs is 1. The van der Waals surface area contributed by atoms with Crippen molar-refractivity contribution < 1.29 is 4.79 Å². The topological polar surface area (TPSA) is 85.9 Å². The number of aromatic nitrogens is 5. The van der Waals surface area contributed by atoms with Crippen molar-refractivity contribution in [2.24, 2.45) is 0 Å². The number of aryl methyl sites for hydroxylation is 1. The van der Waals surface area contributed by atoms with E-state index in [0.717, 1.165) is 25.9 Å². The number of nitrogens with zero attached hydrogens (tertiary/aromatic N) is 6. The van der Waals surface area contributed by atoms with Crippen LogP contribution in [0.3, 0.4) is 0 Å². The number of para-hydroxylation sites is 1. The maximum Gasteiger partial charge on any atom is 0.261 e. The lowest BCUT2D eigenvalue weighted by Crippen LogP contribution is -2.39. The summed E-state index contributed by atoms with van der Waals surface area (Å²) in [5.41, 5.74) is 0.647. The Hall–Kier alpha value is -3.03. The quantitative estimate of drug-likeness (QED) is 0.685. The highest BCUT2D eigenvalue weighted by Crippen LogP contribution is 2.22. The predicted molar refractivity (Wildman–Crippen MR) is 100 cm³/mol. The zero-order valence-electron chi connectivity index (χ0n) is 15.1. The highest BCUT2D eigenvalue weighted by molar-refractivity contribution is 5.77. The van der Waals surface area contributed by atoms with Crippen molar-refractivity contribution in [3.8, 4) is 0 Å². The lowest BCUT2D eigenvalue weighted by atomic mass is 10.0. The van der Waals surface area contributed by atoms with Crippen molar-refractivity contribution in [1.82, 2.24) is 29.2 Å². The number of piperidine rings is 1.